The van der Waals surface area contributed by atoms with E-state index in [-0.39, 0.29) is 0 Å². The molecule has 2 nitrogen and oxygen atoms in total. The second kappa shape index (κ2) is 8.55. The van der Waals surface area contributed by atoms with Crippen molar-refractivity contribution in [2.75, 3.05) is 5.32 Å². The average molecular weight is 408 g/mol. The molecule has 28 heavy (non-hydrogen) atoms. The third kappa shape index (κ3) is 4.41. The van der Waals surface area contributed by atoms with E-state index >= 15 is 0 Å². The Morgan fingerprint density at radius 3 is 2.25 bits per heavy atom. The number of benzene rings is 4. The van der Waals surface area contributed by atoms with Gasteiger partial charge < -0.3 is 10.1 Å². The van der Waals surface area contributed by atoms with Crippen LogP contribution < -0.4 is 10.1 Å². The summed E-state index contributed by atoms with van der Waals surface area (Å²) in [5.41, 5.74) is 3.11. The summed E-state index contributed by atoms with van der Waals surface area (Å²) in [6, 6.07) is 28.1. The fourth-order valence-corrected chi connectivity index (χ4v) is 3.74. The summed E-state index contributed by atoms with van der Waals surface area (Å²) in [6.07, 6.45) is 0. The molecule has 0 saturated carbocycles. The number of hydrogen-bond acceptors (Lipinski definition) is 2. The van der Waals surface area contributed by atoms with Gasteiger partial charge in [-0.2, -0.15) is 0 Å². The Balaban J connectivity index is 1.63. The van der Waals surface area contributed by atoms with E-state index in [0.29, 0.717) is 23.2 Å². The number of fused-ring (bicyclic) bond motifs is 1. The highest BCUT2D eigenvalue weighted by atomic mass is 35.5. The highest BCUT2D eigenvalue weighted by molar-refractivity contribution is 6.35. The number of halogens is 2. The molecular formula is C24H19Cl2NO. The van der Waals surface area contributed by atoms with E-state index in [4.69, 9.17) is 27.9 Å². The van der Waals surface area contributed by atoms with E-state index in [0.717, 1.165) is 28.0 Å². The van der Waals surface area contributed by atoms with Crippen LogP contribution in [0.1, 0.15) is 11.1 Å². The minimum atomic E-state index is 0.523. The highest BCUT2D eigenvalue weighted by Crippen LogP contribution is 2.30. The lowest BCUT2D eigenvalue weighted by atomic mass is 10.0. The van der Waals surface area contributed by atoms with Crippen LogP contribution in [0.15, 0.2) is 84.9 Å². The zero-order valence-corrected chi connectivity index (χ0v) is 16.7. The molecule has 0 unspecified atom stereocenters. The Hall–Kier alpha value is -2.68. The number of hydrogen-bond donors (Lipinski definition) is 1. The first-order chi connectivity index (χ1) is 13.7. The lowest BCUT2D eigenvalue weighted by molar-refractivity contribution is 0.304. The van der Waals surface area contributed by atoms with Crippen molar-refractivity contribution in [3.63, 3.8) is 0 Å². The molecule has 0 spiro atoms. The first-order valence-corrected chi connectivity index (χ1v) is 9.82. The standard InChI is InChI=1S/C24H19Cl2NO/c25-19-12-20(26)14-21(13-19)27-15-23-22-9-5-4-8-18(22)10-11-24(23)28-16-17-6-2-1-3-7-17/h1-14,27H,15-16H2. The second-order valence-electron chi connectivity index (χ2n) is 6.55. The maximum absolute atomic E-state index is 6.18. The average Bonchev–Trinajstić information content (AvgIpc) is 2.71. The van der Waals surface area contributed by atoms with E-state index in [2.05, 4.69) is 35.6 Å². The summed E-state index contributed by atoms with van der Waals surface area (Å²) < 4.78 is 6.18. The molecule has 140 valence electrons. The van der Waals surface area contributed by atoms with E-state index in [1.165, 1.54) is 5.39 Å². The molecule has 0 aliphatic heterocycles. The summed E-state index contributed by atoms with van der Waals surface area (Å²) >= 11 is 12.3. The Labute approximate surface area is 174 Å². The Morgan fingerprint density at radius 1 is 0.750 bits per heavy atom. The molecule has 0 amide bonds. The monoisotopic (exact) mass is 407 g/mol. The molecule has 0 aliphatic rings. The Morgan fingerprint density at radius 2 is 1.46 bits per heavy atom. The molecule has 0 radical (unpaired) electrons. The lowest BCUT2D eigenvalue weighted by Gasteiger charge is -2.16. The normalized spacial score (nSPS) is 10.8. The molecule has 0 saturated heterocycles. The molecule has 0 bridgehead atoms. The van der Waals surface area contributed by atoms with Crippen LogP contribution in [0.4, 0.5) is 5.69 Å². The largest absolute Gasteiger partial charge is 0.489 e. The SMILES string of the molecule is Clc1cc(Cl)cc(NCc2c(OCc3ccccc3)ccc3ccccc23)c1. The molecule has 0 fully saturated rings. The van der Waals surface area contributed by atoms with Crippen molar-refractivity contribution >= 4 is 39.7 Å². The quantitative estimate of drug-likeness (QED) is 0.360. The van der Waals surface area contributed by atoms with Gasteiger partial charge in [-0.25, -0.2) is 0 Å². The third-order valence-electron chi connectivity index (χ3n) is 4.57. The predicted octanol–water partition coefficient (Wildman–Crippen LogP) is 7.34. The van der Waals surface area contributed by atoms with Crippen molar-refractivity contribution in [2.45, 2.75) is 13.2 Å². The summed E-state index contributed by atoms with van der Waals surface area (Å²) in [7, 11) is 0. The van der Waals surface area contributed by atoms with Gasteiger partial charge in [-0.15, -0.1) is 0 Å². The zero-order valence-electron chi connectivity index (χ0n) is 15.2. The van der Waals surface area contributed by atoms with Crippen LogP contribution in [0.2, 0.25) is 10.0 Å². The van der Waals surface area contributed by atoms with E-state index in [1.54, 1.807) is 6.07 Å². The van der Waals surface area contributed by atoms with Gasteiger partial charge >= 0.3 is 0 Å². The number of ether oxygens (including phenoxy) is 1. The zero-order chi connectivity index (χ0) is 19.3. The van der Waals surface area contributed by atoms with Gasteiger partial charge in [0.05, 0.1) is 0 Å². The molecule has 0 heterocycles. The molecule has 0 atom stereocenters. The Kier molecular flexibility index (Phi) is 5.70. The lowest BCUT2D eigenvalue weighted by Crippen LogP contribution is -2.04. The van der Waals surface area contributed by atoms with Crippen LogP contribution in [0.5, 0.6) is 5.75 Å². The van der Waals surface area contributed by atoms with Gasteiger partial charge in [0.25, 0.3) is 0 Å². The molecule has 4 rings (SSSR count). The maximum Gasteiger partial charge on any atom is 0.125 e. The van der Waals surface area contributed by atoms with Crippen LogP contribution in [-0.2, 0) is 13.2 Å². The molecule has 0 aliphatic carbocycles. The maximum atomic E-state index is 6.18. The number of rotatable bonds is 6. The smallest absolute Gasteiger partial charge is 0.125 e. The fraction of sp³-hybridized carbons (Fsp3) is 0.0833. The topological polar surface area (TPSA) is 21.3 Å². The van der Waals surface area contributed by atoms with Crippen LogP contribution in [0.25, 0.3) is 10.8 Å². The Bertz CT molecular complexity index is 1080. The minimum absolute atomic E-state index is 0.523. The number of nitrogens with one attached hydrogen (secondary N) is 1. The second-order valence-corrected chi connectivity index (χ2v) is 7.42. The third-order valence-corrected chi connectivity index (χ3v) is 5.00. The molecule has 4 aromatic carbocycles. The number of anilines is 1. The summed E-state index contributed by atoms with van der Waals surface area (Å²) in [6.45, 7) is 1.12. The van der Waals surface area contributed by atoms with Crippen molar-refractivity contribution in [3.05, 3.63) is 106 Å². The van der Waals surface area contributed by atoms with E-state index < -0.39 is 0 Å². The molecular weight excluding hydrogens is 389 g/mol. The van der Waals surface area contributed by atoms with Crippen molar-refractivity contribution in [1.82, 2.24) is 0 Å². The first-order valence-electron chi connectivity index (χ1n) is 9.06. The van der Waals surface area contributed by atoms with E-state index in [1.807, 2.05) is 48.5 Å². The van der Waals surface area contributed by atoms with Gasteiger partial charge in [0, 0.05) is 27.8 Å². The molecule has 0 aromatic heterocycles. The fourth-order valence-electron chi connectivity index (χ4n) is 3.22. The van der Waals surface area contributed by atoms with Crippen molar-refractivity contribution in [2.24, 2.45) is 0 Å². The van der Waals surface area contributed by atoms with Crippen LogP contribution in [0.3, 0.4) is 0 Å². The van der Waals surface area contributed by atoms with Crippen molar-refractivity contribution < 1.29 is 4.74 Å². The summed E-state index contributed by atoms with van der Waals surface area (Å²) in [5.74, 6) is 0.864. The van der Waals surface area contributed by atoms with Gasteiger partial charge in [-0.1, -0.05) is 83.9 Å². The van der Waals surface area contributed by atoms with Crippen LogP contribution in [0, 0.1) is 0 Å². The van der Waals surface area contributed by atoms with Gasteiger partial charge in [0.15, 0.2) is 0 Å². The van der Waals surface area contributed by atoms with Crippen molar-refractivity contribution in [1.29, 1.82) is 0 Å². The van der Waals surface area contributed by atoms with Gasteiger partial charge in [-0.05, 0) is 40.6 Å². The first kappa shape index (κ1) is 18.7. The van der Waals surface area contributed by atoms with Crippen LogP contribution >= 0.6 is 23.2 Å². The van der Waals surface area contributed by atoms with Crippen LogP contribution in [-0.4, -0.2) is 0 Å². The van der Waals surface area contributed by atoms with Gasteiger partial charge in [-0.3, -0.25) is 0 Å². The minimum Gasteiger partial charge on any atom is -0.489 e. The molecule has 1 N–H and O–H groups in total. The van der Waals surface area contributed by atoms with Gasteiger partial charge in [0.1, 0.15) is 12.4 Å². The molecule has 4 heteroatoms. The summed E-state index contributed by atoms with van der Waals surface area (Å²) in [5, 5.41) is 6.97. The predicted molar refractivity (Wildman–Crippen MR) is 119 cm³/mol. The van der Waals surface area contributed by atoms with Crippen molar-refractivity contribution in [3.8, 4) is 5.75 Å². The van der Waals surface area contributed by atoms with Gasteiger partial charge in [0.2, 0.25) is 0 Å². The highest BCUT2D eigenvalue weighted by Gasteiger charge is 2.10. The van der Waals surface area contributed by atoms with E-state index in [9.17, 15) is 0 Å². The molecule has 4 aromatic rings. The summed E-state index contributed by atoms with van der Waals surface area (Å²) in [4.78, 5) is 0.